The molecule has 1 unspecified atom stereocenters. The first-order valence-corrected chi connectivity index (χ1v) is 11.5. The lowest BCUT2D eigenvalue weighted by molar-refractivity contribution is -0.929. The number of H-pyrrole nitrogens is 1. The number of aromatic amines is 1. The van der Waals surface area contributed by atoms with E-state index in [4.69, 9.17) is 21.1 Å². The molecule has 4 rings (SSSR count). The second kappa shape index (κ2) is 10.6. The van der Waals surface area contributed by atoms with Crippen LogP contribution in [0.1, 0.15) is 27.8 Å². The van der Waals surface area contributed by atoms with Crippen LogP contribution in [0.15, 0.2) is 48.5 Å². The highest BCUT2D eigenvalue weighted by Gasteiger charge is 2.30. The SMILES string of the molecule is COc1ccc(CCNc2[nH+]c(Cl)c(C#N)c3c2C[NH+](Cc2ccccc2)CC3)cc1OC. The molecule has 0 saturated heterocycles. The third-order valence-corrected chi connectivity index (χ3v) is 6.43. The number of ether oxygens (including phenoxy) is 2. The molecule has 1 aliphatic rings. The van der Waals surface area contributed by atoms with E-state index in [0.717, 1.165) is 66.5 Å². The summed E-state index contributed by atoms with van der Waals surface area (Å²) in [5.74, 6) is 2.34. The quantitative estimate of drug-likeness (QED) is 0.503. The number of halogens is 1. The Hall–Kier alpha value is -3.27. The van der Waals surface area contributed by atoms with Crippen LogP contribution in [-0.4, -0.2) is 27.3 Å². The Balaban J connectivity index is 1.51. The molecule has 1 aromatic heterocycles. The van der Waals surface area contributed by atoms with Crippen LogP contribution in [-0.2, 0) is 25.9 Å². The summed E-state index contributed by atoms with van der Waals surface area (Å²) < 4.78 is 10.7. The summed E-state index contributed by atoms with van der Waals surface area (Å²) >= 11 is 6.45. The van der Waals surface area contributed by atoms with Crippen molar-refractivity contribution in [3.05, 3.63) is 81.5 Å². The summed E-state index contributed by atoms with van der Waals surface area (Å²) in [5.41, 5.74) is 5.24. The van der Waals surface area contributed by atoms with Gasteiger partial charge in [0, 0.05) is 18.4 Å². The summed E-state index contributed by atoms with van der Waals surface area (Å²) in [6, 6.07) is 18.8. The van der Waals surface area contributed by atoms with E-state index in [0.29, 0.717) is 17.3 Å². The molecule has 170 valence electrons. The van der Waals surface area contributed by atoms with E-state index in [-0.39, 0.29) is 0 Å². The molecule has 33 heavy (non-hydrogen) atoms. The lowest BCUT2D eigenvalue weighted by Crippen LogP contribution is -3.10. The Morgan fingerprint density at radius 2 is 1.85 bits per heavy atom. The number of nitrogens with one attached hydrogen (secondary N) is 3. The van der Waals surface area contributed by atoms with Crippen LogP contribution in [0, 0.1) is 11.3 Å². The van der Waals surface area contributed by atoms with Gasteiger partial charge in [-0.3, -0.25) is 5.32 Å². The zero-order chi connectivity index (χ0) is 23.2. The number of hydrogen-bond donors (Lipinski definition) is 2. The number of anilines is 1. The number of methoxy groups -OCH3 is 2. The Bertz CT molecular complexity index is 1160. The van der Waals surface area contributed by atoms with Gasteiger partial charge in [-0.1, -0.05) is 36.4 Å². The number of aromatic nitrogens is 1. The van der Waals surface area contributed by atoms with Gasteiger partial charge in [0.15, 0.2) is 11.5 Å². The average molecular weight is 465 g/mol. The lowest BCUT2D eigenvalue weighted by Gasteiger charge is -2.26. The molecule has 0 fully saturated rings. The predicted octanol–water partition coefficient (Wildman–Crippen LogP) is 2.84. The number of rotatable bonds is 8. The minimum absolute atomic E-state index is 0.399. The van der Waals surface area contributed by atoms with Gasteiger partial charge in [0.1, 0.15) is 24.7 Å². The molecule has 2 heterocycles. The minimum Gasteiger partial charge on any atom is -0.493 e. The van der Waals surface area contributed by atoms with E-state index < -0.39 is 0 Å². The number of nitrogens with zero attached hydrogens (tertiary/aromatic N) is 1. The fourth-order valence-electron chi connectivity index (χ4n) is 4.46. The molecule has 0 amide bonds. The van der Waals surface area contributed by atoms with Crippen molar-refractivity contribution in [1.29, 1.82) is 5.26 Å². The summed E-state index contributed by atoms with van der Waals surface area (Å²) in [7, 11) is 3.28. The molecular weight excluding hydrogens is 436 g/mol. The summed E-state index contributed by atoms with van der Waals surface area (Å²) in [6.45, 7) is 3.48. The van der Waals surface area contributed by atoms with Crippen molar-refractivity contribution in [2.24, 2.45) is 0 Å². The maximum atomic E-state index is 9.68. The van der Waals surface area contributed by atoms with Crippen LogP contribution in [0.2, 0.25) is 5.15 Å². The van der Waals surface area contributed by atoms with Gasteiger partial charge in [0.25, 0.3) is 5.82 Å². The van der Waals surface area contributed by atoms with Crippen LogP contribution >= 0.6 is 11.6 Å². The van der Waals surface area contributed by atoms with Gasteiger partial charge in [0.05, 0.1) is 32.9 Å². The van der Waals surface area contributed by atoms with E-state index in [2.05, 4.69) is 40.6 Å². The molecule has 3 aromatic rings. The van der Waals surface area contributed by atoms with E-state index >= 15 is 0 Å². The van der Waals surface area contributed by atoms with E-state index in [1.807, 2.05) is 24.3 Å². The van der Waals surface area contributed by atoms with Crippen LogP contribution in [0.4, 0.5) is 5.82 Å². The topological polar surface area (TPSA) is 72.9 Å². The van der Waals surface area contributed by atoms with E-state index in [9.17, 15) is 5.26 Å². The highest BCUT2D eigenvalue weighted by molar-refractivity contribution is 6.29. The molecule has 3 N–H and O–H groups in total. The van der Waals surface area contributed by atoms with Gasteiger partial charge in [-0.15, -0.1) is 0 Å². The molecule has 0 bridgehead atoms. The Labute approximate surface area is 199 Å². The average Bonchev–Trinajstić information content (AvgIpc) is 2.85. The third-order valence-electron chi connectivity index (χ3n) is 6.15. The van der Waals surface area contributed by atoms with Crippen molar-refractivity contribution < 1.29 is 19.4 Å². The standard InChI is InChI=1S/C26H27ClN4O2/c1-32-23-9-8-18(14-24(23)33-2)10-12-29-26-22-17-31(16-19-6-4-3-5-7-19)13-11-20(22)21(15-28)25(27)30-26/h3-9,14H,10-13,16-17H2,1-2H3,(H,29,30)/p+2. The normalized spacial score (nSPS) is 14.8. The first kappa shape index (κ1) is 22.9. The number of benzene rings is 2. The number of quaternary nitrogens is 1. The highest BCUT2D eigenvalue weighted by Crippen LogP contribution is 2.28. The van der Waals surface area contributed by atoms with Gasteiger partial charge in [-0.25, -0.2) is 4.98 Å². The molecule has 0 spiro atoms. The molecule has 2 aromatic carbocycles. The molecule has 0 aliphatic carbocycles. The van der Waals surface area contributed by atoms with Crippen LogP contribution in [0.3, 0.4) is 0 Å². The van der Waals surface area contributed by atoms with E-state index in [1.165, 1.54) is 10.5 Å². The lowest BCUT2D eigenvalue weighted by atomic mass is 9.96. The summed E-state index contributed by atoms with van der Waals surface area (Å²) in [6.07, 6.45) is 1.64. The zero-order valence-electron chi connectivity index (χ0n) is 19.0. The predicted molar refractivity (Wildman–Crippen MR) is 128 cm³/mol. The number of nitriles is 1. The molecule has 1 aliphatic heterocycles. The number of hydrogen-bond acceptors (Lipinski definition) is 4. The molecule has 6 nitrogen and oxygen atoms in total. The second-order valence-electron chi connectivity index (χ2n) is 8.21. The second-order valence-corrected chi connectivity index (χ2v) is 8.59. The van der Waals surface area contributed by atoms with Gasteiger partial charge in [-0.05, 0) is 34.9 Å². The largest absolute Gasteiger partial charge is 0.493 e. The maximum Gasteiger partial charge on any atom is 0.282 e. The van der Waals surface area contributed by atoms with Crippen molar-refractivity contribution in [2.45, 2.75) is 25.9 Å². The molecule has 7 heteroatoms. The molecule has 0 saturated carbocycles. The van der Waals surface area contributed by atoms with Crippen molar-refractivity contribution in [3.63, 3.8) is 0 Å². The molecule has 0 radical (unpaired) electrons. The highest BCUT2D eigenvalue weighted by atomic mass is 35.5. The van der Waals surface area contributed by atoms with Gasteiger partial charge in [-0.2, -0.15) is 5.26 Å². The van der Waals surface area contributed by atoms with Crippen molar-refractivity contribution in [1.82, 2.24) is 0 Å². The number of pyridine rings is 1. The smallest absolute Gasteiger partial charge is 0.282 e. The van der Waals surface area contributed by atoms with Crippen LogP contribution in [0.25, 0.3) is 0 Å². The third kappa shape index (κ3) is 5.22. The van der Waals surface area contributed by atoms with Gasteiger partial charge >= 0.3 is 0 Å². The summed E-state index contributed by atoms with van der Waals surface area (Å²) in [4.78, 5) is 4.71. The minimum atomic E-state index is 0.399. The Kier molecular flexibility index (Phi) is 7.33. The van der Waals surface area contributed by atoms with Gasteiger partial charge in [0.2, 0.25) is 5.15 Å². The van der Waals surface area contributed by atoms with Crippen LogP contribution < -0.4 is 24.7 Å². The number of fused-ring (bicyclic) bond motifs is 1. The Morgan fingerprint density at radius 1 is 1.06 bits per heavy atom. The fraction of sp³-hybridized carbons (Fsp3) is 0.308. The van der Waals surface area contributed by atoms with E-state index in [1.54, 1.807) is 14.2 Å². The monoisotopic (exact) mass is 464 g/mol. The molecule has 1 atom stereocenters. The molecular formula is C26H29ClN4O2+2. The zero-order valence-corrected chi connectivity index (χ0v) is 19.8. The first-order valence-electron chi connectivity index (χ1n) is 11.1. The van der Waals surface area contributed by atoms with Crippen molar-refractivity contribution >= 4 is 17.4 Å². The fourth-order valence-corrected chi connectivity index (χ4v) is 4.71. The summed E-state index contributed by atoms with van der Waals surface area (Å²) in [5, 5.41) is 13.6. The Morgan fingerprint density at radius 3 is 2.58 bits per heavy atom. The maximum absolute atomic E-state index is 9.68. The van der Waals surface area contributed by atoms with Crippen molar-refractivity contribution in [2.75, 3.05) is 32.6 Å². The van der Waals surface area contributed by atoms with Gasteiger partial charge < -0.3 is 14.4 Å². The van der Waals surface area contributed by atoms with Crippen LogP contribution in [0.5, 0.6) is 11.5 Å². The first-order chi connectivity index (χ1) is 16.1. The van der Waals surface area contributed by atoms with Crippen molar-refractivity contribution in [3.8, 4) is 17.6 Å².